The van der Waals surface area contributed by atoms with Crippen molar-refractivity contribution in [1.82, 2.24) is 4.90 Å². The van der Waals surface area contributed by atoms with Crippen LogP contribution in [0.15, 0.2) is 18.2 Å². The molecule has 0 aliphatic carbocycles. The second-order valence-electron chi connectivity index (χ2n) is 6.30. The third-order valence-electron chi connectivity index (χ3n) is 4.21. The summed E-state index contributed by atoms with van der Waals surface area (Å²) in [7, 11) is 0. The van der Waals surface area contributed by atoms with Crippen molar-refractivity contribution in [2.45, 2.75) is 38.9 Å². The molecule has 5 heteroatoms. The highest BCUT2D eigenvalue weighted by Crippen LogP contribution is 2.25. The third-order valence-corrected chi connectivity index (χ3v) is 4.52. The highest BCUT2D eigenvalue weighted by atomic mass is 35.5. The number of rotatable bonds is 6. The predicted octanol–water partition coefficient (Wildman–Crippen LogP) is 2.48. The van der Waals surface area contributed by atoms with Gasteiger partial charge in [-0.2, -0.15) is 0 Å². The standard InChI is InChI=1S/C17H26ClNO3/c1-12-5-6-16(18)17(8-12)22-11-15(21)10-19-7-3-4-14(9-19)13(2)20/h5-6,8,13-15,20-21H,3-4,7,9-11H2,1-2H3/t13-,14-,15-/m1/s1. The minimum Gasteiger partial charge on any atom is -0.489 e. The molecule has 1 aliphatic rings. The van der Waals surface area contributed by atoms with Crippen LogP contribution in [0.4, 0.5) is 0 Å². The number of likely N-dealkylation sites (tertiary alicyclic amines) is 1. The molecule has 0 radical (unpaired) electrons. The summed E-state index contributed by atoms with van der Waals surface area (Å²) in [5.74, 6) is 0.911. The van der Waals surface area contributed by atoms with Gasteiger partial charge in [0.05, 0.1) is 11.1 Å². The molecule has 1 aromatic rings. The van der Waals surface area contributed by atoms with Crippen LogP contribution in [0.25, 0.3) is 0 Å². The molecule has 1 aromatic carbocycles. The van der Waals surface area contributed by atoms with E-state index in [9.17, 15) is 10.2 Å². The molecule has 0 unspecified atom stereocenters. The molecule has 0 aromatic heterocycles. The summed E-state index contributed by atoms with van der Waals surface area (Å²) < 4.78 is 5.64. The van der Waals surface area contributed by atoms with Gasteiger partial charge in [0, 0.05) is 13.1 Å². The number of ether oxygens (including phenoxy) is 1. The van der Waals surface area contributed by atoms with Crippen LogP contribution in [0.1, 0.15) is 25.3 Å². The number of aliphatic hydroxyl groups excluding tert-OH is 2. The average Bonchev–Trinajstić information content (AvgIpc) is 2.48. The van der Waals surface area contributed by atoms with Gasteiger partial charge < -0.3 is 19.8 Å². The number of aryl methyl sites for hydroxylation is 1. The number of aliphatic hydroxyl groups is 2. The Balaban J connectivity index is 1.80. The maximum atomic E-state index is 10.2. The lowest BCUT2D eigenvalue weighted by atomic mass is 9.93. The molecular formula is C17H26ClNO3. The lowest BCUT2D eigenvalue weighted by Gasteiger charge is -2.35. The molecule has 0 spiro atoms. The van der Waals surface area contributed by atoms with Crippen LogP contribution in [0.3, 0.4) is 0 Å². The van der Waals surface area contributed by atoms with Gasteiger partial charge in [-0.1, -0.05) is 17.7 Å². The van der Waals surface area contributed by atoms with E-state index in [1.807, 2.05) is 26.0 Å². The summed E-state index contributed by atoms with van der Waals surface area (Å²) in [4.78, 5) is 2.20. The van der Waals surface area contributed by atoms with Crippen molar-refractivity contribution >= 4 is 11.6 Å². The molecule has 0 amide bonds. The molecule has 22 heavy (non-hydrogen) atoms. The van der Waals surface area contributed by atoms with Crippen molar-refractivity contribution in [2.24, 2.45) is 5.92 Å². The zero-order valence-corrected chi connectivity index (χ0v) is 14.1. The van der Waals surface area contributed by atoms with Crippen molar-refractivity contribution < 1.29 is 14.9 Å². The summed E-state index contributed by atoms with van der Waals surface area (Å²) in [6.45, 7) is 6.40. The largest absolute Gasteiger partial charge is 0.489 e. The van der Waals surface area contributed by atoms with E-state index >= 15 is 0 Å². The van der Waals surface area contributed by atoms with Crippen molar-refractivity contribution in [3.8, 4) is 5.75 Å². The van der Waals surface area contributed by atoms with Gasteiger partial charge in [0.2, 0.25) is 0 Å². The smallest absolute Gasteiger partial charge is 0.138 e. The first-order valence-corrected chi connectivity index (χ1v) is 8.31. The number of piperidine rings is 1. The molecule has 1 saturated heterocycles. The van der Waals surface area contributed by atoms with Gasteiger partial charge in [0.15, 0.2) is 0 Å². The van der Waals surface area contributed by atoms with Gasteiger partial charge in [-0.3, -0.25) is 0 Å². The minimum atomic E-state index is -0.565. The quantitative estimate of drug-likeness (QED) is 0.843. The third kappa shape index (κ3) is 5.13. The lowest BCUT2D eigenvalue weighted by molar-refractivity contribution is 0.0244. The number of halogens is 1. The molecule has 2 N–H and O–H groups in total. The maximum Gasteiger partial charge on any atom is 0.138 e. The Morgan fingerprint density at radius 1 is 1.41 bits per heavy atom. The normalized spacial score (nSPS) is 22.3. The summed E-state index contributed by atoms with van der Waals surface area (Å²) in [5, 5.41) is 20.4. The molecule has 0 saturated carbocycles. The first-order chi connectivity index (χ1) is 10.5. The Bertz CT molecular complexity index is 481. The Morgan fingerprint density at radius 3 is 2.91 bits per heavy atom. The zero-order valence-electron chi connectivity index (χ0n) is 13.3. The van der Waals surface area contributed by atoms with Crippen LogP contribution >= 0.6 is 11.6 Å². The van der Waals surface area contributed by atoms with E-state index in [-0.39, 0.29) is 12.7 Å². The maximum absolute atomic E-state index is 10.2. The van der Waals surface area contributed by atoms with Crippen molar-refractivity contribution in [2.75, 3.05) is 26.2 Å². The van der Waals surface area contributed by atoms with Crippen LogP contribution in [0, 0.1) is 12.8 Å². The molecular weight excluding hydrogens is 302 g/mol. The van der Waals surface area contributed by atoms with Gasteiger partial charge in [-0.05, 0) is 56.8 Å². The van der Waals surface area contributed by atoms with Gasteiger partial charge >= 0.3 is 0 Å². The molecule has 4 nitrogen and oxygen atoms in total. The van der Waals surface area contributed by atoms with Crippen molar-refractivity contribution in [3.05, 3.63) is 28.8 Å². The van der Waals surface area contributed by atoms with Crippen LogP contribution in [-0.2, 0) is 0 Å². The molecule has 0 bridgehead atoms. The number of β-amino-alcohol motifs (C(OH)–C–C–N with tert-alkyl or cyclic N) is 1. The fourth-order valence-corrected chi connectivity index (χ4v) is 3.08. The summed E-state index contributed by atoms with van der Waals surface area (Å²) in [6, 6.07) is 5.60. The summed E-state index contributed by atoms with van der Waals surface area (Å²) in [6.07, 6.45) is 1.26. The predicted molar refractivity (Wildman–Crippen MR) is 88.5 cm³/mol. The fourth-order valence-electron chi connectivity index (χ4n) is 2.91. The first-order valence-electron chi connectivity index (χ1n) is 7.93. The van der Waals surface area contributed by atoms with E-state index in [1.165, 1.54) is 0 Å². The second kappa shape index (κ2) is 8.16. The average molecular weight is 328 g/mol. The monoisotopic (exact) mass is 327 g/mol. The highest BCUT2D eigenvalue weighted by Gasteiger charge is 2.24. The van der Waals surface area contributed by atoms with Gasteiger partial charge in [-0.15, -0.1) is 0 Å². The number of hydrogen-bond donors (Lipinski definition) is 2. The van der Waals surface area contributed by atoms with E-state index < -0.39 is 6.10 Å². The molecule has 2 rings (SSSR count). The Hall–Kier alpha value is -0.810. The van der Waals surface area contributed by atoms with Gasteiger partial charge in [0.1, 0.15) is 18.5 Å². The number of benzene rings is 1. The van der Waals surface area contributed by atoms with Crippen molar-refractivity contribution in [1.29, 1.82) is 0 Å². The van der Waals surface area contributed by atoms with E-state index in [0.717, 1.165) is 31.5 Å². The Labute approximate surface area is 137 Å². The number of nitrogens with zero attached hydrogens (tertiary/aromatic N) is 1. The fraction of sp³-hybridized carbons (Fsp3) is 0.647. The van der Waals surface area contributed by atoms with Gasteiger partial charge in [-0.25, -0.2) is 0 Å². The molecule has 1 fully saturated rings. The zero-order chi connectivity index (χ0) is 16.1. The van der Waals surface area contributed by atoms with E-state index in [4.69, 9.17) is 16.3 Å². The van der Waals surface area contributed by atoms with Gasteiger partial charge in [0.25, 0.3) is 0 Å². The SMILES string of the molecule is Cc1ccc(Cl)c(OC[C@H](O)CN2CCC[C@@H]([C@@H](C)O)C2)c1. The second-order valence-corrected chi connectivity index (χ2v) is 6.71. The highest BCUT2D eigenvalue weighted by molar-refractivity contribution is 6.32. The number of hydrogen-bond acceptors (Lipinski definition) is 4. The summed E-state index contributed by atoms with van der Waals surface area (Å²) in [5.41, 5.74) is 1.07. The topological polar surface area (TPSA) is 52.9 Å². The molecule has 124 valence electrons. The first kappa shape index (κ1) is 17.5. The Morgan fingerprint density at radius 2 is 2.18 bits per heavy atom. The van der Waals surface area contributed by atoms with Crippen LogP contribution in [-0.4, -0.2) is 53.6 Å². The molecule has 1 aliphatic heterocycles. The van der Waals surface area contributed by atoms with E-state index in [0.29, 0.717) is 23.2 Å². The lowest BCUT2D eigenvalue weighted by Crippen LogP contribution is -2.44. The van der Waals surface area contributed by atoms with E-state index in [2.05, 4.69) is 4.90 Å². The minimum absolute atomic E-state index is 0.221. The molecule has 3 atom stereocenters. The van der Waals surface area contributed by atoms with Crippen LogP contribution < -0.4 is 4.74 Å². The van der Waals surface area contributed by atoms with Crippen LogP contribution in [0.2, 0.25) is 5.02 Å². The van der Waals surface area contributed by atoms with E-state index in [1.54, 1.807) is 6.07 Å². The Kier molecular flexibility index (Phi) is 6.50. The van der Waals surface area contributed by atoms with Crippen molar-refractivity contribution in [3.63, 3.8) is 0 Å². The summed E-state index contributed by atoms with van der Waals surface area (Å²) >= 11 is 6.08. The molecule has 1 heterocycles. The van der Waals surface area contributed by atoms with Crippen LogP contribution in [0.5, 0.6) is 5.75 Å².